The Balaban J connectivity index is 2.09. The number of nitrogens with zero attached hydrogens (tertiary/aromatic N) is 3. The van der Waals surface area contributed by atoms with E-state index in [-0.39, 0.29) is 30.6 Å². The van der Waals surface area contributed by atoms with Crippen LogP contribution in [0.3, 0.4) is 0 Å². The Morgan fingerprint density at radius 2 is 2.09 bits per heavy atom. The number of benzene rings is 1. The topological polar surface area (TPSA) is 112 Å². The number of ether oxygens (including phenoxy) is 1. The van der Waals surface area contributed by atoms with E-state index in [1.807, 2.05) is 32.0 Å². The fourth-order valence-corrected chi connectivity index (χ4v) is 1.98. The molecular weight excluding hydrogens is 298 g/mol. The first-order chi connectivity index (χ1) is 10.9. The SMILES string of the molecule is CCOC(=O)c1nnn(CC(=O)Nc2cc(C)ccc2C)c1N. The number of nitrogens with one attached hydrogen (secondary N) is 1. The number of hydrogen-bond donors (Lipinski definition) is 2. The van der Waals surface area contributed by atoms with E-state index in [4.69, 9.17) is 10.5 Å². The molecule has 1 aromatic heterocycles. The number of amides is 1. The van der Waals surface area contributed by atoms with Gasteiger partial charge in [-0.3, -0.25) is 4.79 Å². The molecule has 2 aromatic rings. The Labute approximate surface area is 133 Å². The third-order valence-corrected chi connectivity index (χ3v) is 3.20. The van der Waals surface area contributed by atoms with Crippen molar-refractivity contribution in [1.82, 2.24) is 15.0 Å². The molecule has 8 heteroatoms. The van der Waals surface area contributed by atoms with Gasteiger partial charge in [-0.25, -0.2) is 9.48 Å². The van der Waals surface area contributed by atoms with E-state index in [1.165, 1.54) is 0 Å². The van der Waals surface area contributed by atoms with Gasteiger partial charge in [-0.2, -0.15) is 0 Å². The number of aromatic nitrogens is 3. The van der Waals surface area contributed by atoms with Crippen molar-refractivity contribution in [3.05, 3.63) is 35.0 Å². The summed E-state index contributed by atoms with van der Waals surface area (Å²) in [5.41, 5.74) is 8.40. The highest BCUT2D eigenvalue weighted by Gasteiger charge is 2.19. The molecule has 8 nitrogen and oxygen atoms in total. The van der Waals surface area contributed by atoms with Crippen molar-refractivity contribution in [3.63, 3.8) is 0 Å². The van der Waals surface area contributed by atoms with Crippen molar-refractivity contribution in [2.24, 2.45) is 0 Å². The second kappa shape index (κ2) is 6.91. The van der Waals surface area contributed by atoms with E-state index < -0.39 is 5.97 Å². The van der Waals surface area contributed by atoms with Crippen molar-refractivity contribution in [1.29, 1.82) is 0 Å². The number of nitrogen functional groups attached to an aromatic ring is 1. The van der Waals surface area contributed by atoms with Crippen molar-refractivity contribution in [2.45, 2.75) is 27.3 Å². The number of anilines is 2. The number of carbonyl (C=O) groups is 2. The molecule has 0 aliphatic carbocycles. The highest BCUT2D eigenvalue weighted by atomic mass is 16.5. The summed E-state index contributed by atoms with van der Waals surface area (Å²) >= 11 is 0. The standard InChI is InChI=1S/C15H19N5O3/c1-4-23-15(22)13-14(16)20(19-18-13)8-12(21)17-11-7-9(2)5-6-10(11)3/h5-7H,4,8,16H2,1-3H3,(H,17,21). The van der Waals surface area contributed by atoms with Gasteiger partial charge in [0.05, 0.1) is 6.61 Å². The van der Waals surface area contributed by atoms with E-state index >= 15 is 0 Å². The first kappa shape index (κ1) is 16.5. The summed E-state index contributed by atoms with van der Waals surface area (Å²) in [6, 6.07) is 5.77. The summed E-state index contributed by atoms with van der Waals surface area (Å²) in [5, 5.41) is 10.2. The largest absolute Gasteiger partial charge is 0.461 e. The van der Waals surface area contributed by atoms with Crippen molar-refractivity contribution in [2.75, 3.05) is 17.7 Å². The summed E-state index contributed by atoms with van der Waals surface area (Å²) in [5.74, 6) is -0.976. The maximum Gasteiger partial charge on any atom is 0.362 e. The molecule has 0 atom stereocenters. The molecule has 0 saturated carbocycles. The van der Waals surface area contributed by atoms with Crippen LogP contribution in [0, 0.1) is 13.8 Å². The Kier molecular flexibility index (Phi) is 4.95. The van der Waals surface area contributed by atoms with Gasteiger partial charge in [-0.15, -0.1) is 5.10 Å². The summed E-state index contributed by atoms with van der Waals surface area (Å²) < 4.78 is 5.98. The van der Waals surface area contributed by atoms with Gasteiger partial charge in [-0.1, -0.05) is 17.3 Å². The van der Waals surface area contributed by atoms with Crippen LogP contribution in [0.2, 0.25) is 0 Å². The highest BCUT2D eigenvalue weighted by molar-refractivity contribution is 5.93. The number of nitrogens with two attached hydrogens (primary N) is 1. The molecule has 0 unspecified atom stereocenters. The quantitative estimate of drug-likeness (QED) is 0.804. The zero-order chi connectivity index (χ0) is 17.0. The minimum Gasteiger partial charge on any atom is -0.461 e. The molecule has 0 aliphatic heterocycles. The highest BCUT2D eigenvalue weighted by Crippen LogP contribution is 2.16. The van der Waals surface area contributed by atoms with Crippen LogP contribution in [0.25, 0.3) is 0 Å². The number of rotatable bonds is 5. The molecule has 23 heavy (non-hydrogen) atoms. The van der Waals surface area contributed by atoms with Gasteiger partial charge in [0.1, 0.15) is 6.54 Å². The molecule has 2 rings (SSSR count). The van der Waals surface area contributed by atoms with Crippen molar-refractivity contribution >= 4 is 23.4 Å². The van der Waals surface area contributed by atoms with Crippen LogP contribution in [0.4, 0.5) is 11.5 Å². The number of hydrogen-bond acceptors (Lipinski definition) is 6. The lowest BCUT2D eigenvalue weighted by Crippen LogP contribution is -2.21. The molecule has 1 amide bonds. The Morgan fingerprint density at radius 3 is 2.78 bits per heavy atom. The van der Waals surface area contributed by atoms with Crippen LogP contribution in [-0.2, 0) is 16.1 Å². The van der Waals surface area contributed by atoms with Gasteiger partial charge in [0.15, 0.2) is 5.82 Å². The van der Waals surface area contributed by atoms with E-state index in [1.54, 1.807) is 6.92 Å². The van der Waals surface area contributed by atoms with Gasteiger partial charge in [0.2, 0.25) is 11.6 Å². The molecule has 0 radical (unpaired) electrons. The first-order valence-corrected chi connectivity index (χ1v) is 7.15. The van der Waals surface area contributed by atoms with Gasteiger partial charge >= 0.3 is 5.97 Å². The van der Waals surface area contributed by atoms with E-state index in [9.17, 15) is 9.59 Å². The minimum atomic E-state index is -0.661. The lowest BCUT2D eigenvalue weighted by atomic mass is 10.1. The van der Waals surface area contributed by atoms with Gasteiger partial charge in [0.25, 0.3) is 0 Å². The average molecular weight is 317 g/mol. The monoisotopic (exact) mass is 317 g/mol. The third kappa shape index (κ3) is 3.85. The normalized spacial score (nSPS) is 10.4. The molecule has 1 heterocycles. The average Bonchev–Trinajstić information content (AvgIpc) is 2.84. The molecule has 0 bridgehead atoms. The van der Waals surface area contributed by atoms with Crippen LogP contribution in [0.5, 0.6) is 0 Å². The molecule has 0 saturated heterocycles. The maximum atomic E-state index is 12.1. The Hall–Kier alpha value is -2.90. The molecular formula is C15H19N5O3. The van der Waals surface area contributed by atoms with E-state index in [0.717, 1.165) is 21.5 Å². The molecule has 0 spiro atoms. The predicted octanol–water partition coefficient (Wildman–Crippen LogP) is 1.29. The van der Waals surface area contributed by atoms with Crippen LogP contribution < -0.4 is 11.1 Å². The Bertz CT molecular complexity index is 739. The van der Waals surface area contributed by atoms with Crippen LogP contribution in [0.15, 0.2) is 18.2 Å². The lowest BCUT2D eigenvalue weighted by molar-refractivity contribution is -0.116. The van der Waals surface area contributed by atoms with Crippen LogP contribution in [-0.4, -0.2) is 33.5 Å². The predicted molar refractivity (Wildman–Crippen MR) is 84.9 cm³/mol. The molecule has 0 aliphatic rings. The summed E-state index contributed by atoms with van der Waals surface area (Å²) in [6.07, 6.45) is 0. The van der Waals surface area contributed by atoms with Crippen molar-refractivity contribution < 1.29 is 14.3 Å². The molecule has 122 valence electrons. The first-order valence-electron chi connectivity index (χ1n) is 7.15. The smallest absolute Gasteiger partial charge is 0.362 e. The number of esters is 1. The second-order valence-electron chi connectivity index (χ2n) is 5.07. The van der Waals surface area contributed by atoms with E-state index in [2.05, 4.69) is 15.6 Å². The van der Waals surface area contributed by atoms with Gasteiger partial charge in [0, 0.05) is 5.69 Å². The van der Waals surface area contributed by atoms with Crippen LogP contribution in [0.1, 0.15) is 28.5 Å². The zero-order valence-electron chi connectivity index (χ0n) is 13.3. The summed E-state index contributed by atoms with van der Waals surface area (Å²) in [6.45, 7) is 5.58. The fraction of sp³-hybridized carbons (Fsp3) is 0.333. The lowest BCUT2D eigenvalue weighted by Gasteiger charge is -2.09. The second-order valence-corrected chi connectivity index (χ2v) is 5.07. The zero-order valence-corrected chi connectivity index (χ0v) is 13.3. The third-order valence-electron chi connectivity index (χ3n) is 3.20. The van der Waals surface area contributed by atoms with Crippen molar-refractivity contribution in [3.8, 4) is 0 Å². The summed E-state index contributed by atoms with van der Waals surface area (Å²) in [7, 11) is 0. The minimum absolute atomic E-state index is 0.000404. The molecule has 3 N–H and O–H groups in total. The summed E-state index contributed by atoms with van der Waals surface area (Å²) in [4.78, 5) is 23.8. The molecule has 0 fully saturated rings. The fourth-order valence-electron chi connectivity index (χ4n) is 1.98. The molecule has 1 aromatic carbocycles. The number of aryl methyl sites for hydroxylation is 2. The van der Waals surface area contributed by atoms with Gasteiger partial charge in [-0.05, 0) is 38.0 Å². The maximum absolute atomic E-state index is 12.1. The Morgan fingerprint density at radius 1 is 1.35 bits per heavy atom. The number of carbonyl (C=O) groups excluding carboxylic acids is 2. The van der Waals surface area contributed by atoms with Crippen LogP contribution >= 0.6 is 0 Å². The van der Waals surface area contributed by atoms with Gasteiger partial charge < -0.3 is 15.8 Å². The van der Waals surface area contributed by atoms with E-state index in [0.29, 0.717) is 0 Å².